The van der Waals surface area contributed by atoms with E-state index in [0.717, 1.165) is 10.9 Å². The summed E-state index contributed by atoms with van der Waals surface area (Å²) in [7, 11) is 3.12. The van der Waals surface area contributed by atoms with Gasteiger partial charge in [0.25, 0.3) is 0 Å². The predicted molar refractivity (Wildman–Crippen MR) is 60.4 cm³/mol. The Kier molecular flexibility index (Phi) is 2.68. The van der Waals surface area contributed by atoms with Crippen molar-refractivity contribution in [2.45, 2.75) is 0 Å². The Morgan fingerprint density at radius 2 is 2.19 bits per heavy atom. The van der Waals surface area contributed by atoms with Crippen molar-refractivity contribution < 1.29 is 9.53 Å². The molecule has 16 heavy (non-hydrogen) atoms. The van der Waals surface area contributed by atoms with E-state index in [1.807, 2.05) is 0 Å². The van der Waals surface area contributed by atoms with Gasteiger partial charge in [-0.3, -0.25) is 0 Å². The van der Waals surface area contributed by atoms with Crippen molar-refractivity contribution in [2.24, 2.45) is 0 Å². The molecule has 0 aliphatic carbocycles. The summed E-state index contributed by atoms with van der Waals surface area (Å²) in [6.07, 6.45) is 1.48. The van der Waals surface area contributed by atoms with Gasteiger partial charge in [0, 0.05) is 12.4 Å². The standard InChI is InChI=1S/C11H11N3O2/c1-12-10-8-5-7(11(15)16-2)3-4-9(8)13-6-14-10/h3-6H,1-2H3,(H,12,13,14). The quantitative estimate of drug-likeness (QED) is 0.771. The molecule has 0 amide bonds. The van der Waals surface area contributed by atoms with Gasteiger partial charge in [0.05, 0.1) is 18.2 Å². The monoisotopic (exact) mass is 217 g/mol. The number of benzene rings is 1. The zero-order chi connectivity index (χ0) is 11.5. The van der Waals surface area contributed by atoms with Crippen LogP contribution in [-0.2, 0) is 4.74 Å². The Hall–Kier alpha value is -2.17. The van der Waals surface area contributed by atoms with E-state index in [9.17, 15) is 4.79 Å². The van der Waals surface area contributed by atoms with Crippen LogP contribution in [-0.4, -0.2) is 30.1 Å². The zero-order valence-electron chi connectivity index (χ0n) is 9.02. The lowest BCUT2D eigenvalue weighted by Crippen LogP contribution is -2.02. The van der Waals surface area contributed by atoms with Gasteiger partial charge in [-0.25, -0.2) is 14.8 Å². The van der Waals surface area contributed by atoms with Gasteiger partial charge in [-0.2, -0.15) is 0 Å². The molecule has 1 aromatic heterocycles. The first-order valence-corrected chi connectivity index (χ1v) is 4.77. The minimum atomic E-state index is -0.368. The van der Waals surface area contributed by atoms with Gasteiger partial charge in [-0.1, -0.05) is 0 Å². The molecule has 2 rings (SSSR count). The summed E-state index contributed by atoms with van der Waals surface area (Å²) in [4.78, 5) is 19.6. The molecule has 2 aromatic rings. The number of anilines is 1. The molecular formula is C11H11N3O2. The lowest BCUT2D eigenvalue weighted by atomic mass is 10.1. The molecule has 82 valence electrons. The second kappa shape index (κ2) is 4.14. The summed E-state index contributed by atoms with van der Waals surface area (Å²) in [5, 5.41) is 3.75. The van der Waals surface area contributed by atoms with Gasteiger partial charge in [0.1, 0.15) is 12.1 Å². The van der Waals surface area contributed by atoms with E-state index in [1.54, 1.807) is 25.2 Å². The maximum Gasteiger partial charge on any atom is 0.337 e. The largest absolute Gasteiger partial charge is 0.465 e. The molecule has 5 heteroatoms. The number of hydrogen-bond donors (Lipinski definition) is 1. The van der Waals surface area contributed by atoms with Crippen molar-refractivity contribution in [1.29, 1.82) is 0 Å². The van der Waals surface area contributed by atoms with Gasteiger partial charge in [-0.05, 0) is 18.2 Å². The average Bonchev–Trinajstić information content (AvgIpc) is 2.36. The molecule has 0 atom stereocenters. The highest BCUT2D eigenvalue weighted by Crippen LogP contribution is 2.20. The highest BCUT2D eigenvalue weighted by atomic mass is 16.5. The summed E-state index contributed by atoms with van der Waals surface area (Å²) in [6, 6.07) is 5.16. The fraction of sp³-hybridized carbons (Fsp3) is 0.182. The molecular weight excluding hydrogens is 206 g/mol. The molecule has 1 aromatic carbocycles. The van der Waals surface area contributed by atoms with E-state index in [2.05, 4.69) is 20.0 Å². The summed E-state index contributed by atoms with van der Waals surface area (Å²) in [5.41, 5.74) is 1.27. The molecule has 1 N–H and O–H groups in total. The Morgan fingerprint density at radius 1 is 1.38 bits per heavy atom. The number of nitrogens with one attached hydrogen (secondary N) is 1. The van der Waals surface area contributed by atoms with Crippen LogP contribution in [0.2, 0.25) is 0 Å². The second-order valence-electron chi connectivity index (χ2n) is 3.20. The summed E-state index contributed by atoms with van der Waals surface area (Å²) in [5.74, 6) is 0.323. The third-order valence-corrected chi connectivity index (χ3v) is 2.29. The Bertz CT molecular complexity index is 540. The molecule has 0 spiro atoms. The van der Waals surface area contributed by atoms with E-state index in [4.69, 9.17) is 0 Å². The van der Waals surface area contributed by atoms with Crippen LogP contribution in [0.3, 0.4) is 0 Å². The second-order valence-corrected chi connectivity index (χ2v) is 3.20. The van der Waals surface area contributed by atoms with Crippen molar-refractivity contribution in [1.82, 2.24) is 9.97 Å². The molecule has 0 radical (unpaired) electrons. The van der Waals surface area contributed by atoms with Crippen LogP contribution in [0.25, 0.3) is 10.9 Å². The molecule has 0 unspecified atom stereocenters. The Labute approximate surface area is 92.5 Å². The van der Waals surface area contributed by atoms with Gasteiger partial charge < -0.3 is 10.1 Å². The van der Waals surface area contributed by atoms with E-state index in [0.29, 0.717) is 11.4 Å². The summed E-state index contributed by atoms with van der Waals surface area (Å²) in [6.45, 7) is 0. The number of ether oxygens (including phenoxy) is 1. The minimum Gasteiger partial charge on any atom is -0.465 e. The lowest BCUT2D eigenvalue weighted by Gasteiger charge is -2.05. The predicted octanol–water partition coefficient (Wildman–Crippen LogP) is 1.46. The van der Waals surface area contributed by atoms with Crippen LogP contribution in [0.4, 0.5) is 5.82 Å². The lowest BCUT2D eigenvalue weighted by molar-refractivity contribution is 0.0601. The minimum absolute atomic E-state index is 0.368. The zero-order valence-corrected chi connectivity index (χ0v) is 9.02. The maximum atomic E-state index is 11.4. The van der Waals surface area contributed by atoms with Crippen LogP contribution in [0, 0.1) is 0 Å². The number of rotatable bonds is 2. The fourth-order valence-electron chi connectivity index (χ4n) is 1.50. The SMILES string of the molecule is CNc1ncnc2ccc(C(=O)OC)cc12. The Balaban J connectivity index is 2.63. The van der Waals surface area contributed by atoms with Crippen LogP contribution in [0.1, 0.15) is 10.4 Å². The molecule has 1 heterocycles. The molecule has 0 bridgehead atoms. The third-order valence-electron chi connectivity index (χ3n) is 2.29. The van der Waals surface area contributed by atoms with Crippen LogP contribution in [0.5, 0.6) is 0 Å². The number of carbonyl (C=O) groups excluding carboxylic acids is 1. The van der Waals surface area contributed by atoms with Crippen molar-refractivity contribution in [3.63, 3.8) is 0 Å². The van der Waals surface area contributed by atoms with E-state index < -0.39 is 0 Å². The first-order chi connectivity index (χ1) is 7.76. The number of carbonyl (C=O) groups is 1. The van der Waals surface area contributed by atoms with Gasteiger partial charge in [-0.15, -0.1) is 0 Å². The first-order valence-electron chi connectivity index (χ1n) is 4.77. The molecule has 5 nitrogen and oxygen atoms in total. The van der Waals surface area contributed by atoms with Gasteiger partial charge in [0.15, 0.2) is 0 Å². The third kappa shape index (κ3) is 1.67. The Morgan fingerprint density at radius 3 is 2.88 bits per heavy atom. The number of esters is 1. The average molecular weight is 217 g/mol. The number of hydrogen-bond acceptors (Lipinski definition) is 5. The van der Waals surface area contributed by atoms with Crippen LogP contribution >= 0.6 is 0 Å². The normalized spacial score (nSPS) is 10.1. The smallest absolute Gasteiger partial charge is 0.337 e. The highest BCUT2D eigenvalue weighted by molar-refractivity contribution is 5.97. The molecule has 0 aliphatic rings. The molecule has 0 saturated carbocycles. The number of methoxy groups -OCH3 is 1. The topological polar surface area (TPSA) is 64.1 Å². The first kappa shape index (κ1) is 10.4. The van der Waals surface area contributed by atoms with Crippen LogP contribution < -0.4 is 5.32 Å². The van der Waals surface area contributed by atoms with E-state index in [-0.39, 0.29) is 5.97 Å². The van der Waals surface area contributed by atoms with Crippen molar-refractivity contribution in [3.8, 4) is 0 Å². The highest BCUT2D eigenvalue weighted by Gasteiger charge is 2.08. The number of aromatic nitrogens is 2. The van der Waals surface area contributed by atoms with Crippen molar-refractivity contribution in [3.05, 3.63) is 30.1 Å². The number of fused-ring (bicyclic) bond motifs is 1. The molecule has 0 fully saturated rings. The van der Waals surface area contributed by atoms with Crippen molar-refractivity contribution >= 4 is 22.7 Å². The maximum absolute atomic E-state index is 11.4. The van der Waals surface area contributed by atoms with Gasteiger partial charge >= 0.3 is 5.97 Å². The molecule has 0 aliphatic heterocycles. The summed E-state index contributed by atoms with van der Waals surface area (Å²) >= 11 is 0. The van der Waals surface area contributed by atoms with Gasteiger partial charge in [0.2, 0.25) is 0 Å². The van der Waals surface area contributed by atoms with Crippen molar-refractivity contribution in [2.75, 3.05) is 19.5 Å². The summed E-state index contributed by atoms with van der Waals surface area (Å²) < 4.78 is 4.66. The van der Waals surface area contributed by atoms with E-state index >= 15 is 0 Å². The van der Waals surface area contributed by atoms with E-state index in [1.165, 1.54) is 13.4 Å². The number of nitrogens with zero attached hydrogens (tertiary/aromatic N) is 2. The van der Waals surface area contributed by atoms with Crippen LogP contribution in [0.15, 0.2) is 24.5 Å². The molecule has 0 saturated heterocycles. The fourth-order valence-corrected chi connectivity index (χ4v) is 1.50.